The zero-order valence-electron chi connectivity index (χ0n) is 7.82. The van der Waals surface area contributed by atoms with E-state index in [1.54, 1.807) is 0 Å². The van der Waals surface area contributed by atoms with Crippen molar-refractivity contribution in [1.82, 2.24) is 0 Å². The summed E-state index contributed by atoms with van der Waals surface area (Å²) in [6.07, 6.45) is 6.33. The first-order valence-corrected chi connectivity index (χ1v) is 5.00. The molecule has 0 aromatic carbocycles. The zero-order chi connectivity index (χ0) is 9.52. The Kier molecular flexibility index (Phi) is 4.57. The van der Waals surface area contributed by atoms with E-state index in [0.717, 1.165) is 25.7 Å². The molecule has 13 heavy (non-hydrogen) atoms. The average Bonchev–Trinajstić information content (AvgIpc) is 2.10. The standard InChI is InChI=1S/C9H16N2O2/c12-10-7-8-5-3-1-2-4-6-9(8)11-13/h8-9H,1-7H2. The molecule has 0 aromatic rings. The molecule has 0 radical (unpaired) electrons. The van der Waals surface area contributed by atoms with Crippen LogP contribution in [0.1, 0.15) is 38.5 Å². The third-order valence-electron chi connectivity index (χ3n) is 2.81. The highest BCUT2D eigenvalue weighted by molar-refractivity contribution is 4.79. The van der Waals surface area contributed by atoms with Gasteiger partial charge in [-0.2, -0.15) is 9.81 Å². The van der Waals surface area contributed by atoms with E-state index in [0.29, 0.717) is 0 Å². The minimum Gasteiger partial charge on any atom is -0.151 e. The first-order chi connectivity index (χ1) is 6.38. The lowest BCUT2D eigenvalue weighted by molar-refractivity contribution is 0.337. The summed E-state index contributed by atoms with van der Waals surface area (Å²) in [4.78, 5) is 20.7. The first kappa shape index (κ1) is 10.3. The zero-order valence-corrected chi connectivity index (χ0v) is 7.82. The molecular weight excluding hydrogens is 168 g/mol. The van der Waals surface area contributed by atoms with Crippen molar-refractivity contribution in [1.29, 1.82) is 0 Å². The van der Waals surface area contributed by atoms with Gasteiger partial charge < -0.3 is 0 Å². The smallest absolute Gasteiger partial charge is 0.0966 e. The van der Waals surface area contributed by atoms with Crippen LogP contribution < -0.4 is 0 Å². The molecule has 0 saturated heterocycles. The molecule has 1 aliphatic rings. The van der Waals surface area contributed by atoms with Crippen LogP contribution in [0.25, 0.3) is 0 Å². The van der Waals surface area contributed by atoms with Crippen LogP contribution in [0.3, 0.4) is 0 Å². The van der Waals surface area contributed by atoms with Gasteiger partial charge in [0.1, 0.15) is 0 Å². The lowest BCUT2D eigenvalue weighted by Crippen LogP contribution is -2.22. The van der Waals surface area contributed by atoms with E-state index in [4.69, 9.17) is 0 Å². The van der Waals surface area contributed by atoms with Crippen LogP contribution in [0.5, 0.6) is 0 Å². The Morgan fingerprint density at radius 3 is 2.31 bits per heavy atom. The summed E-state index contributed by atoms with van der Waals surface area (Å²) in [5, 5.41) is 5.98. The lowest BCUT2D eigenvalue weighted by Gasteiger charge is -2.21. The summed E-state index contributed by atoms with van der Waals surface area (Å²) in [5.41, 5.74) is 0. The predicted octanol–water partition coefficient (Wildman–Crippen LogP) is 2.86. The van der Waals surface area contributed by atoms with Gasteiger partial charge >= 0.3 is 0 Å². The fraction of sp³-hybridized carbons (Fsp3) is 1.00. The highest BCUT2D eigenvalue weighted by Gasteiger charge is 2.23. The number of nitroso groups, excluding NO2 is 2. The van der Waals surface area contributed by atoms with Crippen molar-refractivity contribution < 1.29 is 0 Å². The number of rotatable bonds is 3. The number of hydrogen-bond donors (Lipinski definition) is 0. The first-order valence-electron chi connectivity index (χ1n) is 5.00. The van der Waals surface area contributed by atoms with Gasteiger partial charge in [-0.25, -0.2) is 0 Å². The van der Waals surface area contributed by atoms with Gasteiger partial charge in [0.15, 0.2) is 0 Å². The molecule has 4 heteroatoms. The Bertz CT molecular complexity index is 173. The molecule has 0 heterocycles. The quantitative estimate of drug-likeness (QED) is 0.633. The number of hydrogen-bond acceptors (Lipinski definition) is 4. The molecule has 1 fully saturated rings. The van der Waals surface area contributed by atoms with Gasteiger partial charge in [0, 0.05) is 5.92 Å². The van der Waals surface area contributed by atoms with Crippen molar-refractivity contribution in [2.24, 2.45) is 16.3 Å². The summed E-state index contributed by atoms with van der Waals surface area (Å²) in [6.45, 7) is 0.260. The third-order valence-corrected chi connectivity index (χ3v) is 2.81. The van der Waals surface area contributed by atoms with Gasteiger partial charge in [-0.15, -0.1) is 0 Å². The molecule has 4 nitrogen and oxygen atoms in total. The molecule has 0 spiro atoms. The largest absolute Gasteiger partial charge is 0.151 e. The third kappa shape index (κ3) is 3.20. The van der Waals surface area contributed by atoms with Crippen LogP contribution in [0.4, 0.5) is 0 Å². The van der Waals surface area contributed by atoms with Crippen molar-refractivity contribution in [2.75, 3.05) is 6.54 Å². The van der Waals surface area contributed by atoms with Crippen LogP contribution in [0.15, 0.2) is 10.4 Å². The summed E-state index contributed by atoms with van der Waals surface area (Å²) < 4.78 is 0. The second-order valence-electron chi connectivity index (χ2n) is 3.74. The average molecular weight is 184 g/mol. The molecular formula is C9H16N2O2. The summed E-state index contributed by atoms with van der Waals surface area (Å²) in [5.74, 6) is 0.107. The van der Waals surface area contributed by atoms with Crippen molar-refractivity contribution in [3.05, 3.63) is 9.81 Å². The van der Waals surface area contributed by atoms with Gasteiger partial charge in [-0.05, 0) is 12.8 Å². The van der Waals surface area contributed by atoms with E-state index >= 15 is 0 Å². The number of nitrogens with zero attached hydrogens (tertiary/aromatic N) is 2. The van der Waals surface area contributed by atoms with E-state index in [-0.39, 0.29) is 18.5 Å². The van der Waals surface area contributed by atoms with Gasteiger partial charge in [-0.3, -0.25) is 0 Å². The lowest BCUT2D eigenvalue weighted by atomic mass is 9.87. The van der Waals surface area contributed by atoms with Gasteiger partial charge in [0.05, 0.1) is 12.6 Å². The second kappa shape index (κ2) is 5.78. The van der Waals surface area contributed by atoms with Crippen molar-refractivity contribution in [3.8, 4) is 0 Å². The predicted molar refractivity (Wildman–Crippen MR) is 51.4 cm³/mol. The maximum atomic E-state index is 10.5. The molecule has 74 valence electrons. The maximum absolute atomic E-state index is 10.5. The van der Waals surface area contributed by atoms with Crippen LogP contribution in [0.2, 0.25) is 0 Å². The molecule has 2 unspecified atom stereocenters. The van der Waals surface area contributed by atoms with Crippen molar-refractivity contribution in [2.45, 2.75) is 44.6 Å². The van der Waals surface area contributed by atoms with Crippen LogP contribution in [-0.4, -0.2) is 12.6 Å². The normalized spacial score (nSPS) is 30.2. The van der Waals surface area contributed by atoms with Crippen molar-refractivity contribution in [3.63, 3.8) is 0 Å². The molecule has 0 aromatic heterocycles. The van der Waals surface area contributed by atoms with E-state index in [9.17, 15) is 9.81 Å². The summed E-state index contributed by atoms with van der Waals surface area (Å²) in [6, 6.07) is -0.169. The van der Waals surface area contributed by atoms with Gasteiger partial charge in [0.2, 0.25) is 0 Å². The Morgan fingerprint density at radius 2 is 1.69 bits per heavy atom. The molecule has 1 aliphatic carbocycles. The molecule has 0 N–H and O–H groups in total. The molecule has 2 atom stereocenters. The van der Waals surface area contributed by atoms with E-state index in [2.05, 4.69) is 10.4 Å². The highest BCUT2D eigenvalue weighted by atomic mass is 16.3. The van der Waals surface area contributed by atoms with E-state index < -0.39 is 0 Å². The van der Waals surface area contributed by atoms with Gasteiger partial charge in [-0.1, -0.05) is 36.0 Å². The van der Waals surface area contributed by atoms with Crippen LogP contribution in [0, 0.1) is 15.7 Å². The molecule has 1 rings (SSSR count). The highest BCUT2D eigenvalue weighted by Crippen LogP contribution is 2.25. The monoisotopic (exact) mass is 184 g/mol. The van der Waals surface area contributed by atoms with Gasteiger partial charge in [0.25, 0.3) is 0 Å². The van der Waals surface area contributed by atoms with Crippen LogP contribution in [-0.2, 0) is 0 Å². The summed E-state index contributed by atoms with van der Waals surface area (Å²) >= 11 is 0. The fourth-order valence-corrected chi connectivity index (χ4v) is 1.99. The Balaban J connectivity index is 2.49. The Labute approximate surface area is 78.0 Å². The van der Waals surface area contributed by atoms with E-state index in [1.807, 2.05) is 0 Å². The SMILES string of the molecule is O=NCC1CCCCCCC1N=O. The van der Waals surface area contributed by atoms with Crippen molar-refractivity contribution >= 4 is 0 Å². The minimum absolute atomic E-state index is 0.107. The Hall–Kier alpha value is -0.800. The topological polar surface area (TPSA) is 58.9 Å². The molecule has 0 amide bonds. The second-order valence-corrected chi connectivity index (χ2v) is 3.74. The molecule has 0 bridgehead atoms. The molecule has 0 aliphatic heterocycles. The Morgan fingerprint density at radius 1 is 1.00 bits per heavy atom. The maximum Gasteiger partial charge on any atom is 0.0966 e. The fourth-order valence-electron chi connectivity index (χ4n) is 1.99. The minimum atomic E-state index is -0.169. The van der Waals surface area contributed by atoms with E-state index in [1.165, 1.54) is 12.8 Å². The van der Waals surface area contributed by atoms with Crippen LogP contribution >= 0.6 is 0 Å². The molecule has 1 saturated carbocycles. The summed E-state index contributed by atoms with van der Waals surface area (Å²) in [7, 11) is 0.